The van der Waals surface area contributed by atoms with Crippen molar-refractivity contribution in [3.8, 4) is 0 Å². The van der Waals surface area contributed by atoms with Crippen LogP contribution < -0.4 is 48.0 Å². The number of rotatable bonds is 0. The summed E-state index contributed by atoms with van der Waals surface area (Å²) < 4.78 is 0. The molecule has 43 heavy (non-hydrogen) atoms. The van der Waals surface area contributed by atoms with Gasteiger partial charge in [-0.25, -0.2) is 0 Å². The van der Waals surface area contributed by atoms with Crippen molar-refractivity contribution >= 4 is 43.1 Å². The molecule has 0 amide bonds. The Labute approximate surface area is 296 Å². The smallest absolute Gasteiger partial charge is 1.00 e. The molecule has 0 aliphatic heterocycles. The molecule has 0 atom stereocenters. The van der Waals surface area contributed by atoms with Gasteiger partial charge in [0.15, 0.2) is 0 Å². The zero-order chi connectivity index (χ0) is 27.2. The van der Waals surface area contributed by atoms with Crippen LogP contribution in [0, 0.1) is 0 Å². The Hall–Kier alpha value is -3.50. The minimum Gasteiger partial charge on any atom is -1.00 e. The average Bonchev–Trinajstić information content (AvgIpc) is 3.06. The van der Waals surface area contributed by atoms with Crippen molar-refractivity contribution in [1.29, 1.82) is 0 Å². The molecule has 0 spiro atoms. The van der Waals surface area contributed by atoms with Crippen LogP contribution >= 0.6 is 0 Å². The fourth-order valence-electron chi connectivity index (χ4n) is 4.11. The van der Waals surface area contributed by atoms with E-state index in [1.54, 1.807) is 0 Å². The number of nitrogens with zero attached hydrogens (tertiary/aromatic N) is 4. The molecule has 4 aromatic carbocycles. The Bertz CT molecular complexity index is 1410. The minimum absolute atomic E-state index is 0. The average molecular weight is 826 g/mol. The van der Waals surface area contributed by atoms with Gasteiger partial charge >= 0.3 is 17.1 Å². The molecule has 8 aromatic rings. The maximum absolute atomic E-state index is 4.01. The van der Waals surface area contributed by atoms with Gasteiger partial charge in [0.05, 0.1) is 0 Å². The normalized spacial score (nSPS) is 9.30. The van der Waals surface area contributed by atoms with Crippen LogP contribution in [0.15, 0.2) is 171 Å². The molecule has 4 aromatic heterocycles. The molecule has 0 saturated carbocycles. The maximum Gasteiger partial charge on any atom is 2.00 e. The second kappa shape index (κ2) is 19.6. The van der Waals surface area contributed by atoms with E-state index >= 15 is 0 Å². The van der Waals surface area contributed by atoms with Crippen LogP contribution in [-0.4, -0.2) is 19.9 Å². The van der Waals surface area contributed by atoms with Gasteiger partial charge in [0.25, 0.3) is 0 Å². The van der Waals surface area contributed by atoms with Crippen LogP contribution in [0.3, 0.4) is 0 Å². The summed E-state index contributed by atoms with van der Waals surface area (Å²) in [6.07, 6.45) is 14.7. The van der Waals surface area contributed by atoms with Crippen LogP contribution in [0.2, 0.25) is 0 Å². The summed E-state index contributed by atoms with van der Waals surface area (Å²) in [5, 5.41) is 9.79. The molecule has 0 radical (unpaired) electrons. The number of halogens is 2. The molecule has 4 heterocycles. The van der Waals surface area contributed by atoms with Gasteiger partial charge in [0, 0.05) is 49.6 Å². The zero-order valence-corrected chi connectivity index (χ0v) is 28.5. The molecule has 0 bridgehead atoms. The van der Waals surface area contributed by atoms with Crippen molar-refractivity contribution in [2.24, 2.45) is 0 Å². The molecule has 0 unspecified atom stereocenters. The number of hydrogen-bond donors (Lipinski definition) is 0. The Balaban J connectivity index is 0.000000196. The zero-order valence-electron chi connectivity index (χ0n) is 23.1. The minimum atomic E-state index is 0. The molecule has 7 heteroatoms. The van der Waals surface area contributed by atoms with Crippen LogP contribution in [-0.2, 0) is 17.1 Å². The van der Waals surface area contributed by atoms with Crippen LogP contribution in [0.25, 0.3) is 43.1 Å². The first-order valence-corrected chi connectivity index (χ1v) is 13.0. The summed E-state index contributed by atoms with van der Waals surface area (Å²) >= 11 is 0. The van der Waals surface area contributed by atoms with Gasteiger partial charge in [-0.15, -0.1) is 0 Å². The third-order valence-electron chi connectivity index (χ3n) is 6.20. The number of hydrogen-bond acceptors (Lipinski definition) is 4. The molecule has 0 aliphatic carbocycles. The van der Waals surface area contributed by atoms with E-state index in [-0.39, 0.29) is 65.0 Å². The van der Waals surface area contributed by atoms with Crippen LogP contribution in [0.5, 0.6) is 0 Å². The van der Waals surface area contributed by atoms with Gasteiger partial charge in [-0.1, -0.05) is 97.1 Å². The maximum atomic E-state index is 4.01. The molecular weight excluding hydrogens is 798 g/mol. The standard InChI is InChI=1S/4C9H7N.Fe.2HI/c4*1-2-4-9-7-10-6-5-8(9)3-1;;;/h4*1-7H;;2*1H/q;;;;+2;;/p-2. The van der Waals surface area contributed by atoms with E-state index in [0.717, 1.165) is 0 Å². The molecule has 0 aliphatic rings. The number of pyridine rings is 4. The van der Waals surface area contributed by atoms with Crippen LogP contribution in [0.4, 0.5) is 0 Å². The molecule has 0 N–H and O–H groups in total. The monoisotopic (exact) mass is 826 g/mol. The predicted octanol–water partition coefficient (Wildman–Crippen LogP) is 2.94. The van der Waals surface area contributed by atoms with Gasteiger partial charge in [-0.2, -0.15) is 0 Å². The molecule has 0 saturated heterocycles. The summed E-state index contributed by atoms with van der Waals surface area (Å²) in [4.78, 5) is 16.1. The SMILES string of the molecule is [Fe+2].[I-].[I-].c1ccc2cnccc2c1.c1ccc2cnccc2c1.c1ccc2cnccc2c1.c1ccc2cnccc2c1. The van der Waals surface area contributed by atoms with E-state index in [4.69, 9.17) is 0 Å². The Morgan fingerprint density at radius 3 is 0.628 bits per heavy atom. The third-order valence-corrected chi connectivity index (χ3v) is 6.20. The number of fused-ring (bicyclic) bond motifs is 4. The first kappa shape index (κ1) is 35.7. The van der Waals surface area contributed by atoms with Crippen molar-refractivity contribution in [1.82, 2.24) is 19.9 Å². The molecule has 214 valence electrons. The van der Waals surface area contributed by atoms with Gasteiger partial charge < -0.3 is 48.0 Å². The second-order valence-electron chi connectivity index (χ2n) is 8.89. The van der Waals surface area contributed by atoms with E-state index in [2.05, 4.69) is 68.5 Å². The molecule has 8 rings (SSSR count). The van der Waals surface area contributed by atoms with Crippen molar-refractivity contribution in [3.63, 3.8) is 0 Å². The Kier molecular flexibility index (Phi) is 16.3. The van der Waals surface area contributed by atoms with E-state index < -0.39 is 0 Å². The van der Waals surface area contributed by atoms with E-state index in [1.165, 1.54) is 43.1 Å². The summed E-state index contributed by atoms with van der Waals surface area (Å²) in [5.41, 5.74) is 0. The van der Waals surface area contributed by atoms with Crippen LogP contribution in [0.1, 0.15) is 0 Å². The molecule has 4 nitrogen and oxygen atoms in total. The third kappa shape index (κ3) is 10.9. The Morgan fingerprint density at radius 2 is 0.442 bits per heavy atom. The topological polar surface area (TPSA) is 51.6 Å². The van der Waals surface area contributed by atoms with E-state index in [9.17, 15) is 0 Å². The largest absolute Gasteiger partial charge is 2.00 e. The van der Waals surface area contributed by atoms with Crippen molar-refractivity contribution < 1.29 is 65.0 Å². The van der Waals surface area contributed by atoms with E-state index in [0.29, 0.717) is 0 Å². The first-order chi connectivity index (χ1) is 19.9. The van der Waals surface area contributed by atoms with Crippen molar-refractivity contribution in [3.05, 3.63) is 171 Å². The summed E-state index contributed by atoms with van der Waals surface area (Å²) in [7, 11) is 0. The number of benzene rings is 4. The quantitative estimate of drug-likeness (QED) is 0.175. The van der Waals surface area contributed by atoms with Gasteiger partial charge in [0.2, 0.25) is 0 Å². The summed E-state index contributed by atoms with van der Waals surface area (Å²) in [6.45, 7) is 0. The number of aromatic nitrogens is 4. The summed E-state index contributed by atoms with van der Waals surface area (Å²) in [6, 6.07) is 40.8. The predicted molar refractivity (Wildman–Crippen MR) is 167 cm³/mol. The molecule has 0 fully saturated rings. The molecular formula is C36H28FeI2N4. The van der Waals surface area contributed by atoms with Crippen molar-refractivity contribution in [2.45, 2.75) is 0 Å². The fourth-order valence-corrected chi connectivity index (χ4v) is 4.11. The first-order valence-electron chi connectivity index (χ1n) is 13.0. The van der Waals surface area contributed by atoms with E-state index in [1.807, 2.05) is 122 Å². The van der Waals surface area contributed by atoms with Gasteiger partial charge in [-0.05, 0) is 67.4 Å². The van der Waals surface area contributed by atoms with Gasteiger partial charge in [-0.3, -0.25) is 19.9 Å². The summed E-state index contributed by atoms with van der Waals surface area (Å²) in [5.74, 6) is 0. The second-order valence-corrected chi connectivity index (χ2v) is 8.89. The fraction of sp³-hybridized carbons (Fsp3) is 0. The van der Waals surface area contributed by atoms with Gasteiger partial charge in [0.1, 0.15) is 0 Å². The van der Waals surface area contributed by atoms with Crippen molar-refractivity contribution in [2.75, 3.05) is 0 Å². The Morgan fingerprint density at radius 1 is 0.256 bits per heavy atom.